The van der Waals surface area contributed by atoms with E-state index in [-0.39, 0.29) is 0 Å². The first kappa shape index (κ1) is 16.4. The van der Waals surface area contributed by atoms with Crippen LogP contribution in [0.5, 0.6) is 11.5 Å². The largest absolute Gasteiger partial charge is 0.453 e. The van der Waals surface area contributed by atoms with Gasteiger partial charge in [0.05, 0.1) is 35.3 Å². The topological polar surface area (TPSA) is 114 Å². The molecule has 0 bridgehead atoms. The van der Waals surface area contributed by atoms with Crippen LogP contribution in [0.25, 0.3) is 0 Å². The van der Waals surface area contributed by atoms with Gasteiger partial charge in [0.25, 0.3) is 0 Å². The number of anilines is 4. The Hall–Kier alpha value is -2.46. The Kier molecular flexibility index (Phi) is 3.80. The Morgan fingerprint density at radius 1 is 0.792 bits per heavy atom. The van der Waals surface area contributed by atoms with Crippen molar-refractivity contribution < 1.29 is 21.6 Å². The zero-order valence-electron chi connectivity index (χ0n) is 12.8. The second kappa shape index (κ2) is 5.56. The third-order valence-corrected chi connectivity index (χ3v) is 4.27. The lowest BCUT2D eigenvalue weighted by atomic mass is 10.2. The molecule has 0 fully saturated rings. The van der Waals surface area contributed by atoms with Gasteiger partial charge in [-0.25, -0.2) is 16.8 Å². The number of benzene rings is 2. The SMILES string of the molecule is CS(=O)(=O)Nc1ccc2c(c1)Oc1cc(NS(C)(=O)=O)ccc1N2. The lowest BCUT2D eigenvalue weighted by Crippen LogP contribution is -2.11. The predicted octanol–water partition coefficient (Wildman–Crippen LogP) is 2.28. The molecule has 128 valence electrons. The molecule has 0 saturated carbocycles. The zero-order chi connectivity index (χ0) is 17.5. The van der Waals surface area contributed by atoms with Gasteiger partial charge in [-0.3, -0.25) is 9.44 Å². The van der Waals surface area contributed by atoms with Gasteiger partial charge in [-0.1, -0.05) is 0 Å². The highest BCUT2D eigenvalue weighted by Gasteiger charge is 2.18. The van der Waals surface area contributed by atoms with Crippen LogP contribution in [0.2, 0.25) is 0 Å². The summed E-state index contributed by atoms with van der Waals surface area (Å²) in [4.78, 5) is 0. The summed E-state index contributed by atoms with van der Waals surface area (Å²) in [5.41, 5.74) is 2.08. The maximum Gasteiger partial charge on any atom is 0.229 e. The van der Waals surface area contributed by atoms with Crippen LogP contribution in [-0.2, 0) is 20.0 Å². The van der Waals surface area contributed by atoms with E-state index in [4.69, 9.17) is 4.74 Å². The maximum atomic E-state index is 11.3. The molecule has 0 amide bonds. The highest BCUT2D eigenvalue weighted by atomic mass is 32.2. The van der Waals surface area contributed by atoms with Crippen molar-refractivity contribution in [2.75, 3.05) is 27.3 Å². The van der Waals surface area contributed by atoms with Crippen LogP contribution in [-0.4, -0.2) is 29.3 Å². The smallest absolute Gasteiger partial charge is 0.229 e. The van der Waals surface area contributed by atoms with E-state index < -0.39 is 20.0 Å². The average molecular weight is 369 g/mol. The molecule has 2 aromatic carbocycles. The van der Waals surface area contributed by atoms with Crippen molar-refractivity contribution >= 4 is 42.8 Å². The molecule has 0 radical (unpaired) electrons. The summed E-state index contributed by atoms with van der Waals surface area (Å²) in [7, 11) is -6.79. The van der Waals surface area contributed by atoms with Gasteiger partial charge in [-0.05, 0) is 24.3 Å². The van der Waals surface area contributed by atoms with Gasteiger partial charge in [-0.15, -0.1) is 0 Å². The summed E-state index contributed by atoms with van der Waals surface area (Å²) in [6.45, 7) is 0. The average Bonchev–Trinajstić information content (AvgIpc) is 2.41. The van der Waals surface area contributed by atoms with Gasteiger partial charge in [0.2, 0.25) is 20.0 Å². The van der Waals surface area contributed by atoms with E-state index in [1.54, 1.807) is 36.4 Å². The number of hydrogen-bond donors (Lipinski definition) is 3. The predicted molar refractivity (Wildman–Crippen MR) is 93.2 cm³/mol. The molecule has 0 spiro atoms. The fourth-order valence-corrected chi connectivity index (χ4v) is 3.35. The Morgan fingerprint density at radius 3 is 1.58 bits per heavy atom. The van der Waals surface area contributed by atoms with E-state index in [2.05, 4.69) is 14.8 Å². The first-order valence-corrected chi connectivity index (χ1v) is 10.6. The Labute approximate surface area is 139 Å². The molecule has 0 unspecified atom stereocenters. The lowest BCUT2D eigenvalue weighted by molar-refractivity contribution is 0.482. The van der Waals surface area contributed by atoms with E-state index in [1.807, 2.05) is 0 Å². The molecule has 3 N–H and O–H groups in total. The van der Waals surface area contributed by atoms with Gasteiger partial charge >= 0.3 is 0 Å². The van der Waals surface area contributed by atoms with Crippen molar-refractivity contribution in [3.05, 3.63) is 36.4 Å². The second-order valence-corrected chi connectivity index (χ2v) is 8.89. The molecule has 24 heavy (non-hydrogen) atoms. The fourth-order valence-electron chi connectivity index (χ4n) is 2.24. The number of hydrogen-bond acceptors (Lipinski definition) is 6. The summed E-state index contributed by atoms with van der Waals surface area (Å²) in [6.07, 6.45) is 2.12. The molecule has 0 aliphatic carbocycles. The van der Waals surface area contributed by atoms with Crippen LogP contribution >= 0.6 is 0 Å². The minimum Gasteiger partial charge on any atom is -0.453 e. The first-order valence-electron chi connectivity index (χ1n) is 6.78. The Morgan fingerprint density at radius 2 is 1.21 bits per heavy atom. The quantitative estimate of drug-likeness (QED) is 0.650. The summed E-state index contributed by atoms with van der Waals surface area (Å²) >= 11 is 0. The molecular weight excluding hydrogens is 354 g/mol. The van der Waals surface area contributed by atoms with Gasteiger partial charge in [0.1, 0.15) is 0 Å². The molecule has 10 heteroatoms. The Bertz CT molecular complexity index is 935. The van der Waals surface area contributed by atoms with Crippen molar-refractivity contribution in [2.45, 2.75) is 0 Å². The number of fused-ring (bicyclic) bond motifs is 2. The summed E-state index contributed by atoms with van der Waals surface area (Å²) in [5, 5.41) is 3.14. The van der Waals surface area contributed by atoms with E-state index in [9.17, 15) is 16.8 Å². The maximum absolute atomic E-state index is 11.3. The number of rotatable bonds is 4. The van der Waals surface area contributed by atoms with Crippen molar-refractivity contribution in [1.82, 2.24) is 0 Å². The molecule has 0 atom stereocenters. The molecule has 1 heterocycles. The van der Waals surface area contributed by atoms with E-state index in [0.29, 0.717) is 34.2 Å². The summed E-state index contributed by atoms with van der Waals surface area (Å²) in [5.74, 6) is 0.848. The summed E-state index contributed by atoms with van der Waals surface area (Å²) in [6, 6.07) is 9.69. The van der Waals surface area contributed by atoms with Gasteiger partial charge < -0.3 is 10.1 Å². The van der Waals surface area contributed by atoms with Gasteiger partial charge in [0, 0.05) is 12.1 Å². The monoisotopic (exact) mass is 369 g/mol. The molecule has 0 saturated heterocycles. The minimum atomic E-state index is -3.39. The molecule has 3 rings (SSSR count). The molecular formula is C14H15N3O5S2. The standard InChI is InChI=1S/C14H15N3O5S2/c1-23(18,19)16-9-3-5-11-13(7-9)22-14-8-10(17-24(2,20)21)4-6-12(14)15-11/h3-8,15-17H,1-2H3. The highest BCUT2D eigenvalue weighted by Crippen LogP contribution is 2.44. The number of nitrogens with one attached hydrogen (secondary N) is 3. The third kappa shape index (κ3) is 3.89. The fraction of sp³-hybridized carbons (Fsp3) is 0.143. The third-order valence-electron chi connectivity index (χ3n) is 3.06. The molecule has 1 aliphatic rings. The second-order valence-electron chi connectivity index (χ2n) is 5.40. The van der Waals surface area contributed by atoms with Gasteiger partial charge in [0.15, 0.2) is 11.5 Å². The highest BCUT2D eigenvalue weighted by molar-refractivity contribution is 7.92. The van der Waals surface area contributed by atoms with Crippen molar-refractivity contribution in [3.8, 4) is 11.5 Å². The Balaban J connectivity index is 1.91. The van der Waals surface area contributed by atoms with E-state index >= 15 is 0 Å². The van der Waals surface area contributed by atoms with Crippen molar-refractivity contribution in [2.24, 2.45) is 0 Å². The number of ether oxygens (including phenoxy) is 1. The van der Waals surface area contributed by atoms with Crippen molar-refractivity contribution in [3.63, 3.8) is 0 Å². The van der Waals surface area contributed by atoms with Crippen LogP contribution in [0, 0.1) is 0 Å². The van der Waals surface area contributed by atoms with Crippen LogP contribution in [0.1, 0.15) is 0 Å². The van der Waals surface area contributed by atoms with Crippen LogP contribution in [0.15, 0.2) is 36.4 Å². The van der Waals surface area contributed by atoms with Crippen LogP contribution in [0.4, 0.5) is 22.7 Å². The first-order chi connectivity index (χ1) is 11.1. The summed E-state index contributed by atoms with van der Waals surface area (Å²) < 4.78 is 55.7. The van der Waals surface area contributed by atoms with E-state index in [1.165, 1.54) is 0 Å². The van der Waals surface area contributed by atoms with Gasteiger partial charge in [-0.2, -0.15) is 0 Å². The molecule has 0 aromatic heterocycles. The van der Waals surface area contributed by atoms with Crippen LogP contribution in [0.3, 0.4) is 0 Å². The minimum absolute atomic E-state index is 0.368. The molecule has 8 nitrogen and oxygen atoms in total. The molecule has 2 aromatic rings. The van der Waals surface area contributed by atoms with E-state index in [0.717, 1.165) is 12.5 Å². The molecule has 1 aliphatic heterocycles. The van der Waals surface area contributed by atoms with Crippen molar-refractivity contribution in [1.29, 1.82) is 0 Å². The lowest BCUT2D eigenvalue weighted by Gasteiger charge is -2.23. The number of sulfonamides is 2. The zero-order valence-corrected chi connectivity index (χ0v) is 14.5. The van der Waals surface area contributed by atoms with Crippen LogP contribution < -0.4 is 19.5 Å². The normalized spacial score (nSPS) is 13.1.